The molecule has 4 rings (SSSR count). The monoisotopic (exact) mass is 367 g/mol. The minimum absolute atomic E-state index is 0.128. The van der Waals surface area contributed by atoms with Gasteiger partial charge in [-0.25, -0.2) is 4.39 Å². The van der Waals surface area contributed by atoms with E-state index in [1.807, 2.05) is 30.3 Å². The van der Waals surface area contributed by atoms with Gasteiger partial charge in [0.15, 0.2) is 0 Å². The van der Waals surface area contributed by atoms with Crippen LogP contribution in [0, 0.1) is 5.82 Å². The Morgan fingerprint density at radius 1 is 1.00 bits per heavy atom. The molecule has 142 valence electrons. The summed E-state index contributed by atoms with van der Waals surface area (Å²) in [4.78, 5) is 16.9. The Morgan fingerprint density at radius 2 is 1.70 bits per heavy atom. The number of rotatable bonds is 4. The van der Waals surface area contributed by atoms with Gasteiger partial charge in [0.25, 0.3) is 0 Å². The van der Waals surface area contributed by atoms with Crippen LogP contribution in [0.4, 0.5) is 10.1 Å². The molecule has 2 aliphatic heterocycles. The molecule has 2 heterocycles. The number of nitrogens with one attached hydrogen (secondary N) is 1. The summed E-state index contributed by atoms with van der Waals surface area (Å²) < 4.78 is 13.1. The van der Waals surface area contributed by atoms with Gasteiger partial charge in [-0.15, -0.1) is 0 Å². The molecule has 2 fully saturated rings. The smallest absolute Gasteiger partial charge is 0.234 e. The molecule has 2 saturated heterocycles. The van der Waals surface area contributed by atoms with E-state index in [9.17, 15) is 9.18 Å². The Balaban J connectivity index is 1.34. The van der Waals surface area contributed by atoms with Crippen molar-refractivity contribution in [2.75, 3.05) is 31.1 Å². The van der Waals surface area contributed by atoms with Crippen molar-refractivity contribution in [2.45, 2.75) is 31.3 Å². The lowest BCUT2D eigenvalue weighted by Gasteiger charge is -2.42. The number of carbonyl (C=O) groups is 1. The molecule has 27 heavy (non-hydrogen) atoms. The molecule has 4 nitrogen and oxygen atoms in total. The van der Waals surface area contributed by atoms with Gasteiger partial charge in [0.1, 0.15) is 5.82 Å². The first kappa shape index (κ1) is 18.0. The first-order valence-corrected chi connectivity index (χ1v) is 9.75. The SMILES string of the molecule is O=C1CN(C2CCN(c3ccc(F)cc3)CC2)C[C@H](Cc2ccccc2)N1. The summed E-state index contributed by atoms with van der Waals surface area (Å²) in [7, 11) is 0. The number of hydrogen-bond donors (Lipinski definition) is 1. The number of anilines is 1. The van der Waals surface area contributed by atoms with E-state index in [0.29, 0.717) is 12.6 Å². The third-order valence-electron chi connectivity index (χ3n) is 5.66. The summed E-state index contributed by atoms with van der Waals surface area (Å²) in [6.07, 6.45) is 2.93. The fraction of sp³-hybridized carbons (Fsp3) is 0.409. The third-order valence-corrected chi connectivity index (χ3v) is 5.66. The fourth-order valence-electron chi connectivity index (χ4n) is 4.28. The molecule has 1 amide bonds. The highest BCUT2D eigenvalue weighted by Crippen LogP contribution is 2.24. The topological polar surface area (TPSA) is 35.6 Å². The molecular weight excluding hydrogens is 341 g/mol. The van der Waals surface area contributed by atoms with Crippen LogP contribution < -0.4 is 10.2 Å². The quantitative estimate of drug-likeness (QED) is 0.903. The Labute approximate surface area is 160 Å². The normalized spacial score (nSPS) is 21.9. The van der Waals surface area contributed by atoms with Crippen LogP contribution in [0.25, 0.3) is 0 Å². The molecule has 0 bridgehead atoms. The fourth-order valence-corrected chi connectivity index (χ4v) is 4.28. The zero-order valence-electron chi connectivity index (χ0n) is 15.5. The van der Waals surface area contributed by atoms with Crippen LogP contribution in [0.5, 0.6) is 0 Å². The van der Waals surface area contributed by atoms with Gasteiger partial charge < -0.3 is 10.2 Å². The Morgan fingerprint density at radius 3 is 2.41 bits per heavy atom. The van der Waals surface area contributed by atoms with Gasteiger partial charge in [0.05, 0.1) is 6.54 Å². The van der Waals surface area contributed by atoms with E-state index >= 15 is 0 Å². The number of piperazine rings is 1. The zero-order chi connectivity index (χ0) is 18.6. The molecule has 0 unspecified atom stereocenters. The average molecular weight is 367 g/mol. The van der Waals surface area contributed by atoms with E-state index in [1.54, 1.807) is 0 Å². The second-order valence-electron chi connectivity index (χ2n) is 7.58. The maximum absolute atomic E-state index is 13.1. The summed E-state index contributed by atoms with van der Waals surface area (Å²) in [6, 6.07) is 17.7. The molecule has 1 N–H and O–H groups in total. The minimum Gasteiger partial charge on any atom is -0.371 e. The molecule has 2 aromatic carbocycles. The van der Waals surface area contributed by atoms with Gasteiger partial charge in [-0.2, -0.15) is 0 Å². The standard InChI is InChI=1S/C22H26FN3O/c23-18-6-8-20(9-7-18)25-12-10-21(11-13-25)26-15-19(24-22(27)16-26)14-17-4-2-1-3-5-17/h1-9,19,21H,10-16H2,(H,24,27)/t19-/m0/s1. The van der Waals surface area contributed by atoms with Crippen molar-refractivity contribution < 1.29 is 9.18 Å². The summed E-state index contributed by atoms with van der Waals surface area (Å²) in [6.45, 7) is 3.28. The Kier molecular flexibility index (Phi) is 5.39. The molecule has 1 atom stereocenters. The highest BCUT2D eigenvalue weighted by Gasteiger charge is 2.31. The van der Waals surface area contributed by atoms with E-state index in [4.69, 9.17) is 0 Å². The Bertz CT molecular complexity index is 757. The van der Waals surface area contributed by atoms with E-state index in [1.165, 1.54) is 17.7 Å². The van der Waals surface area contributed by atoms with Crippen molar-refractivity contribution in [3.63, 3.8) is 0 Å². The highest BCUT2D eigenvalue weighted by molar-refractivity contribution is 5.79. The average Bonchev–Trinajstić information content (AvgIpc) is 2.69. The molecule has 0 aromatic heterocycles. The predicted molar refractivity (Wildman–Crippen MR) is 105 cm³/mol. The van der Waals surface area contributed by atoms with Gasteiger partial charge in [0.2, 0.25) is 5.91 Å². The molecule has 2 aliphatic rings. The van der Waals surface area contributed by atoms with Crippen LogP contribution >= 0.6 is 0 Å². The van der Waals surface area contributed by atoms with Crippen molar-refractivity contribution in [1.82, 2.24) is 10.2 Å². The van der Waals surface area contributed by atoms with E-state index in [0.717, 1.165) is 44.6 Å². The molecule has 0 aliphatic carbocycles. The number of nitrogens with zero attached hydrogens (tertiary/aromatic N) is 2. The number of carbonyl (C=O) groups excluding carboxylic acids is 1. The van der Waals surface area contributed by atoms with E-state index in [-0.39, 0.29) is 17.8 Å². The second kappa shape index (κ2) is 8.09. The van der Waals surface area contributed by atoms with E-state index < -0.39 is 0 Å². The maximum Gasteiger partial charge on any atom is 0.234 e. The number of piperidine rings is 1. The van der Waals surface area contributed by atoms with Crippen molar-refractivity contribution >= 4 is 11.6 Å². The van der Waals surface area contributed by atoms with Crippen LogP contribution in [0.3, 0.4) is 0 Å². The predicted octanol–water partition coefficient (Wildman–Crippen LogP) is 2.84. The van der Waals surface area contributed by atoms with Crippen molar-refractivity contribution in [1.29, 1.82) is 0 Å². The number of benzene rings is 2. The van der Waals surface area contributed by atoms with Crippen molar-refractivity contribution in [3.05, 3.63) is 66.0 Å². The molecule has 0 saturated carbocycles. The lowest BCUT2D eigenvalue weighted by Crippen LogP contribution is -2.59. The molecular formula is C22H26FN3O. The molecule has 2 aromatic rings. The number of amides is 1. The molecule has 5 heteroatoms. The lowest BCUT2D eigenvalue weighted by atomic mass is 9.98. The van der Waals surface area contributed by atoms with Gasteiger partial charge in [-0.1, -0.05) is 30.3 Å². The van der Waals surface area contributed by atoms with Crippen LogP contribution in [0.15, 0.2) is 54.6 Å². The second-order valence-corrected chi connectivity index (χ2v) is 7.58. The number of hydrogen-bond acceptors (Lipinski definition) is 3. The first-order valence-electron chi connectivity index (χ1n) is 9.75. The summed E-state index contributed by atoms with van der Waals surface area (Å²) >= 11 is 0. The highest BCUT2D eigenvalue weighted by atomic mass is 19.1. The third kappa shape index (κ3) is 4.48. The van der Waals surface area contributed by atoms with E-state index in [2.05, 4.69) is 27.2 Å². The van der Waals surface area contributed by atoms with Gasteiger partial charge >= 0.3 is 0 Å². The Hall–Kier alpha value is -2.40. The minimum atomic E-state index is -0.197. The lowest BCUT2D eigenvalue weighted by molar-refractivity contribution is -0.126. The van der Waals surface area contributed by atoms with Gasteiger partial charge in [-0.05, 0) is 49.1 Å². The van der Waals surface area contributed by atoms with Gasteiger partial charge in [-0.3, -0.25) is 9.69 Å². The number of halogens is 1. The van der Waals surface area contributed by atoms with Crippen LogP contribution in [-0.4, -0.2) is 49.1 Å². The van der Waals surface area contributed by atoms with Gasteiger partial charge in [0, 0.05) is 37.4 Å². The summed E-state index contributed by atoms with van der Waals surface area (Å²) in [5.41, 5.74) is 2.34. The zero-order valence-corrected chi connectivity index (χ0v) is 15.5. The maximum atomic E-state index is 13.1. The summed E-state index contributed by atoms with van der Waals surface area (Å²) in [5, 5.41) is 3.15. The van der Waals surface area contributed by atoms with Crippen molar-refractivity contribution in [2.24, 2.45) is 0 Å². The molecule has 0 radical (unpaired) electrons. The van der Waals surface area contributed by atoms with Crippen LogP contribution in [-0.2, 0) is 11.2 Å². The van der Waals surface area contributed by atoms with Crippen molar-refractivity contribution in [3.8, 4) is 0 Å². The van der Waals surface area contributed by atoms with Crippen LogP contribution in [0.2, 0.25) is 0 Å². The first-order chi connectivity index (χ1) is 13.2. The summed E-state index contributed by atoms with van der Waals surface area (Å²) in [5.74, 6) is -0.0689. The largest absolute Gasteiger partial charge is 0.371 e. The molecule has 0 spiro atoms. The van der Waals surface area contributed by atoms with Crippen LogP contribution in [0.1, 0.15) is 18.4 Å².